The second-order valence-electron chi connectivity index (χ2n) is 9.06. The molecule has 0 bridgehead atoms. The summed E-state index contributed by atoms with van der Waals surface area (Å²) in [6.45, 7) is 2.44. The smallest absolute Gasteiger partial charge is 0.255 e. The van der Waals surface area contributed by atoms with Gasteiger partial charge in [-0.15, -0.1) is 0 Å². The molecule has 0 unspecified atom stereocenters. The van der Waals surface area contributed by atoms with Crippen LogP contribution in [0.25, 0.3) is 10.9 Å². The van der Waals surface area contributed by atoms with Crippen LogP contribution in [0.3, 0.4) is 0 Å². The van der Waals surface area contributed by atoms with Crippen molar-refractivity contribution in [3.8, 4) is 5.75 Å². The molecule has 1 saturated heterocycles. The lowest BCUT2D eigenvalue weighted by molar-refractivity contribution is 0.0832. The molecular weight excluding hydrogens is 440 g/mol. The number of likely N-dealkylation sites (tertiary alicyclic amines) is 1. The lowest BCUT2D eigenvalue weighted by atomic mass is 9.87. The van der Waals surface area contributed by atoms with Gasteiger partial charge in [-0.2, -0.15) is 0 Å². The van der Waals surface area contributed by atoms with Crippen LogP contribution in [-0.4, -0.2) is 39.8 Å². The number of carbonyl (C=O) groups is 2. The fourth-order valence-electron chi connectivity index (χ4n) is 4.76. The van der Waals surface area contributed by atoms with Gasteiger partial charge in [0.2, 0.25) is 0 Å². The van der Waals surface area contributed by atoms with Gasteiger partial charge in [0.1, 0.15) is 5.75 Å². The van der Waals surface area contributed by atoms with Crippen LogP contribution in [0.5, 0.6) is 5.75 Å². The number of amides is 1. The van der Waals surface area contributed by atoms with Crippen molar-refractivity contribution in [3.63, 3.8) is 0 Å². The summed E-state index contributed by atoms with van der Waals surface area (Å²) in [5.41, 5.74) is 9.36. The topological polar surface area (TPSA) is 111 Å². The van der Waals surface area contributed by atoms with Gasteiger partial charge in [-0.25, -0.2) is 0 Å². The Morgan fingerprint density at radius 1 is 1.03 bits per heavy atom. The van der Waals surface area contributed by atoms with Gasteiger partial charge in [0.15, 0.2) is 5.78 Å². The number of nitrogens with one attached hydrogen (secondary N) is 2. The number of nitrogen functional groups attached to an aromatic ring is 1. The number of hydrogen-bond acceptors (Lipinski definition) is 5. The molecule has 0 radical (unpaired) electrons. The zero-order valence-electron chi connectivity index (χ0n) is 19.3. The average Bonchev–Trinajstić information content (AvgIpc) is 3.35. The summed E-state index contributed by atoms with van der Waals surface area (Å²) in [6, 6.07) is 20.5. The molecule has 1 aliphatic rings. The lowest BCUT2D eigenvalue weighted by Gasteiger charge is -2.31. The van der Waals surface area contributed by atoms with Crippen LogP contribution in [0.15, 0.2) is 72.9 Å². The van der Waals surface area contributed by atoms with E-state index in [0.717, 1.165) is 30.5 Å². The molecule has 178 valence electrons. The maximum atomic E-state index is 13.4. The third-order valence-corrected chi connectivity index (χ3v) is 6.74. The van der Waals surface area contributed by atoms with Crippen LogP contribution in [0.4, 0.5) is 11.4 Å². The number of fused-ring (bicyclic) bond motifs is 1. The van der Waals surface area contributed by atoms with Gasteiger partial charge in [0, 0.05) is 29.7 Å². The summed E-state index contributed by atoms with van der Waals surface area (Å²) >= 11 is 0. The monoisotopic (exact) mass is 468 g/mol. The molecule has 35 heavy (non-hydrogen) atoms. The van der Waals surface area contributed by atoms with Crippen LogP contribution in [0.2, 0.25) is 0 Å². The zero-order valence-corrected chi connectivity index (χ0v) is 19.3. The Hall–Kier alpha value is -4.10. The number of aromatic nitrogens is 1. The Balaban J connectivity index is 1.28. The van der Waals surface area contributed by atoms with E-state index in [2.05, 4.69) is 27.3 Å². The number of aromatic hydroxyl groups is 1. The summed E-state index contributed by atoms with van der Waals surface area (Å²) in [5.74, 6) is -0.906. The highest BCUT2D eigenvalue weighted by atomic mass is 16.3. The Kier molecular flexibility index (Phi) is 6.25. The molecule has 0 aliphatic carbocycles. The number of H-pyrrole nitrogens is 1. The number of nitrogens with two attached hydrogens (primary N) is 1. The number of aromatic amines is 1. The summed E-state index contributed by atoms with van der Waals surface area (Å²) < 4.78 is 0. The summed E-state index contributed by atoms with van der Waals surface area (Å²) in [4.78, 5) is 31.6. The van der Waals surface area contributed by atoms with E-state index in [1.807, 2.05) is 36.5 Å². The van der Waals surface area contributed by atoms with Crippen LogP contribution >= 0.6 is 0 Å². The number of piperidine rings is 1. The van der Waals surface area contributed by atoms with Crippen molar-refractivity contribution in [2.75, 3.05) is 24.1 Å². The number of ketones is 1. The van der Waals surface area contributed by atoms with Crippen molar-refractivity contribution in [1.82, 2.24) is 9.88 Å². The molecule has 0 spiro atoms. The number of phenols is 1. The van der Waals surface area contributed by atoms with Gasteiger partial charge >= 0.3 is 0 Å². The Morgan fingerprint density at radius 2 is 1.80 bits per heavy atom. The van der Waals surface area contributed by atoms with Crippen LogP contribution < -0.4 is 11.1 Å². The molecule has 0 saturated carbocycles. The van der Waals surface area contributed by atoms with Crippen LogP contribution in [-0.2, 0) is 6.54 Å². The van der Waals surface area contributed by atoms with Crippen LogP contribution in [0, 0.1) is 5.92 Å². The Labute approximate surface area is 203 Å². The molecule has 7 nitrogen and oxygen atoms in total. The molecular formula is C28H28N4O3. The van der Waals surface area contributed by atoms with E-state index in [-0.39, 0.29) is 34.6 Å². The quantitative estimate of drug-likeness (QED) is 0.184. The normalized spacial score (nSPS) is 14.7. The third-order valence-electron chi connectivity index (χ3n) is 6.74. The van der Waals surface area contributed by atoms with Crippen molar-refractivity contribution in [2.24, 2.45) is 5.92 Å². The molecule has 7 heteroatoms. The van der Waals surface area contributed by atoms with Gasteiger partial charge in [-0.05, 0) is 67.2 Å². The van der Waals surface area contributed by atoms with E-state index in [1.165, 1.54) is 17.7 Å². The largest absolute Gasteiger partial charge is 0.507 e. The first-order chi connectivity index (χ1) is 17.0. The number of Topliss-reactive ketones (excluding diaryl/α,β-unsaturated/α-hetero) is 1. The van der Waals surface area contributed by atoms with Gasteiger partial charge < -0.3 is 21.1 Å². The van der Waals surface area contributed by atoms with Gasteiger partial charge in [0.05, 0.1) is 16.9 Å². The molecule has 5 rings (SSSR count). The summed E-state index contributed by atoms with van der Waals surface area (Å²) in [5, 5.41) is 14.3. The molecule has 1 aromatic heterocycles. The molecule has 1 aliphatic heterocycles. The Morgan fingerprint density at radius 3 is 2.57 bits per heavy atom. The average molecular weight is 469 g/mol. The highest BCUT2D eigenvalue weighted by Crippen LogP contribution is 2.35. The van der Waals surface area contributed by atoms with E-state index in [4.69, 9.17) is 5.73 Å². The number of benzene rings is 3. The van der Waals surface area contributed by atoms with Gasteiger partial charge in [0.25, 0.3) is 5.91 Å². The molecule has 2 heterocycles. The van der Waals surface area contributed by atoms with Crippen molar-refractivity contribution < 1.29 is 14.7 Å². The molecule has 1 fully saturated rings. The fraction of sp³-hybridized carbons (Fsp3) is 0.214. The Bertz CT molecular complexity index is 1370. The molecule has 3 aromatic carbocycles. The number of hydrogen-bond donors (Lipinski definition) is 4. The first kappa shape index (κ1) is 22.7. The summed E-state index contributed by atoms with van der Waals surface area (Å²) in [6.07, 6.45) is 3.20. The highest BCUT2D eigenvalue weighted by molar-refractivity contribution is 6.11. The second-order valence-corrected chi connectivity index (χ2v) is 9.06. The van der Waals surface area contributed by atoms with Crippen LogP contribution in [0.1, 0.15) is 39.1 Å². The number of carbonyl (C=O) groups excluding carboxylic acids is 2. The van der Waals surface area contributed by atoms with E-state index in [1.54, 1.807) is 12.1 Å². The first-order valence-corrected chi connectivity index (χ1v) is 11.8. The van der Waals surface area contributed by atoms with Crippen molar-refractivity contribution in [3.05, 3.63) is 89.6 Å². The minimum atomic E-state index is -0.341. The number of rotatable bonds is 6. The number of phenolic OH excluding ortho intramolecular Hbond substituents is 1. The zero-order chi connectivity index (χ0) is 24.4. The molecule has 4 aromatic rings. The fourth-order valence-corrected chi connectivity index (χ4v) is 4.76. The van der Waals surface area contributed by atoms with E-state index < -0.39 is 0 Å². The second kappa shape index (κ2) is 9.64. The highest BCUT2D eigenvalue weighted by Gasteiger charge is 2.29. The van der Waals surface area contributed by atoms with Gasteiger partial charge in [-0.1, -0.05) is 36.4 Å². The van der Waals surface area contributed by atoms with Crippen molar-refractivity contribution in [2.45, 2.75) is 19.4 Å². The van der Waals surface area contributed by atoms with E-state index in [0.29, 0.717) is 24.1 Å². The van der Waals surface area contributed by atoms with Crippen molar-refractivity contribution in [1.29, 1.82) is 0 Å². The maximum absolute atomic E-state index is 13.4. The standard InChI is InChI=1S/C28H28N4O3/c29-26-22(31-28(35)21-7-6-19-10-13-30-23(19)16-21)8-9-24(33)25(26)27(34)20-11-14-32(15-12-20)17-18-4-2-1-3-5-18/h1-10,13,16,20,30,33H,11-12,14-15,17,29H2,(H,31,35). The number of nitrogens with zero attached hydrogens (tertiary/aromatic N) is 1. The SMILES string of the molecule is Nc1c(NC(=O)c2ccc3cc[nH]c3c2)ccc(O)c1C(=O)C1CCN(Cc2ccccc2)CC1. The maximum Gasteiger partial charge on any atom is 0.255 e. The third kappa shape index (κ3) is 4.76. The number of anilines is 2. The summed E-state index contributed by atoms with van der Waals surface area (Å²) in [7, 11) is 0. The van der Waals surface area contributed by atoms with Crippen molar-refractivity contribution >= 4 is 34.0 Å². The predicted octanol–water partition coefficient (Wildman–Crippen LogP) is 4.80. The molecule has 5 N–H and O–H groups in total. The van der Waals surface area contributed by atoms with E-state index in [9.17, 15) is 14.7 Å². The molecule has 1 amide bonds. The minimum absolute atomic E-state index is 0.0872. The lowest BCUT2D eigenvalue weighted by Crippen LogP contribution is -2.36. The minimum Gasteiger partial charge on any atom is -0.507 e. The first-order valence-electron chi connectivity index (χ1n) is 11.8. The van der Waals surface area contributed by atoms with E-state index >= 15 is 0 Å². The van der Waals surface area contributed by atoms with Gasteiger partial charge in [-0.3, -0.25) is 14.5 Å². The predicted molar refractivity (Wildman–Crippen MR) is 138 cm³/mol. The molecule has 0 atom stereocenters.